The quantitative estimate of drug-likeness (QED) is 0.740. The molecule has 0 amide bonds. The Hall–Kier alpha value is -1.11. The van der Waals surface area contributed by atoms with Gasteiger partial charge in [-0.2, -0.15) is 0 Å². The molecule has 20 heavy (non-hydrogen) atoms. The molecule has 1 aliphatic heterocycles. The zero-order valence-electron chi connectivity index (χ0n) is 11.8. The fraction of sp³-hybridized carbons (Fsp3) is 0.571. The smallest absolute Gasteiger partial charge is 0.240 e. The summed E-state index contributed by atoms with van der Waals surface area (Å²) in [6.45, 7) is 4.14. The van der Waals surface area contributed by atoms with Crippen LogP contribution < -0.4 is 9.62 Å². The molecule has 0 saturated carbocycles. The molecule has 0 atom stereocenters. The number of nitrogens with one attached hydrogen (secondary N) is 1. The maximum Gasteiger partial charge on any atom is 0.240 e. The summed E-state index contributed by atoms with van der Waals surface area (Å²) < 4.78 is 26.6. The number of hydrogen-bond acceptors (Lipinski definition) is 4. The minimum atomic E-state index is -3.40. The number of aliphatic hydroxyl groups is 1. The lowest BCUT2D eigenvalue weighted by Gasteiger charge is -2.19. The van der Waals surface area contributed by atoms with Crippen LogP contribution in [0.25, 0.3) is 0 Å². The molecule has 5 nitrogen and oxygen atoms in total. The SMILES string of the molecule is CCNS(=O)(=O)c1ccc2c(c1)N(CCCCO)CC2. The van der Waals surface area contributed by atoms with Gasteiger partial charge in [0.2, 0.25) is 10.0 Å². The third-order valence-corrected chi connectivity index (χ3v) is 5.07. The summed E-state index contributed by atoms with van der Waals surface area (Å²) in [6.07, 6.45) is 2.65. The Morgan fingerprint density at radius 3 is 2.85 bits per heavy atom. The van der Waals surface area contributed by atoms with Crippen molar-refractivity contribution in [3.8, 4) is 0 Å². The summed E-state index contributed by atoms with van der Waals surface area (Å²) in [6, 6.07) is 5.35. The highest BCUT2D eigenvalue weighted by molar-refractivity contribution is 7.89. The zero-order valence-corrected chi connectivity index (χ0v) is 12.6. The van der Waals surface area contributed by atoms with E-state index in [1.807, 2.05) is 6.07 Å². The van der Waals surface area contributed by atoms with Crippen molar-refractivity contribution in [1.29, 1.82) is 0 Å². The van der Waals surface area contributed by atoms with Crippen molar-refractivity contribution in [2.45, 2.75) is 31.1 Å². The summed E-state index contributed by atoms with van der Waals surface area (Å²) in [5, 5.41) is 8.84. The maximum absolute atomic E-state index is 12.0. The Labute approximate surface area is 120 Å². The van der Waals surface area contributed by atoms with E-state index in [2.05, 4.69) is 9.62 Å². The Bertz CT molecular complexity index is 558. The van der Waals surface area contributed by atoms with Crippen LogP contribution in [0.15, 0.2) is 23.1 Å². The van der Waals surface area contributed by atoms with E-state index in [1.54, 1.807) is 19.1 Å². The normalized spacial score (nSPS) is 14.6. The molecule has 0 saturated heterocycles. The monoisotopic (exact) mass is 298 g/mol. The average molecular weight is 298 g/mol. The van der Waals surface area contributed by atoms with E-state index in [1.165, 1.54) is 5.56 Å². The molecule has 0 fully saturated rings. The van der Waals surface area contributed by atoms with Gasteiger partial charge in [0.25, 0.3) is 0 Å². The molecule has 0 radical (unpaired) electrons. The van der Waals surface area contributed by atoms with Gasteiger partial charge in [0.05, 0.1) is 4.90 Å². The Morgan fingerprint density at radius 2 is 2.15 bits per heavy atom. The van der Waals surface area contributed by atoms with Crippen LogP contribution in [0.4, 0.5) is 5.69 Å². The van der Waals surface area contributed by atoms with Crippen molar-refractivity contribution in [3.63, 3.8) is 0 Å². The zero-order chi connectivity index (χ0) is 14.6. The van der Waals surface area contributed by atoms with Crippen LogP contribution in [-0.2, 0) is 16.4 Å². The summed E-state index contributed by atoms with van der Waals surface area (Å²) >= 11 is 0. The number of aliphatic hydroxyl groups excluding tert-OH is 1. The first-order chi connectivity index (χ1) is 9.58. The molecule has 112 valence electrons. The minimum absolute atomic E-state index is 0.204. The highest BCUT2D eigenvalue weighted by atomic mass is 32.2. The molecule has 2 N–H and O–H groups in total. The van der Waals surface area contributed by atoms with Crippen molar-refractivity contribution in [3.05, 3.63) is 23.8 Å². The lowest BCUT2D eigenvalue weighted by Crippen LogP contribution is -2.24. The third kappa shape index (κ3) is 3.31. The standard InChI is InChI=1S/C14H22N2O3S/c1-2-15-20(18,19)13-6-5-12-7-9-16(14(12)11-13)8-3-4-10-17/h5-6,11,15,17H,2-4,7-10H2,1H3. The van der Waals surface area contributed by atoms with Crippen molar-refractivity contribution in [1.82, 2.24) is 4.72 Å². The molecule has 0 aliphatic carbocycles. The number of benzene rings is 1. The van der Waals surface area contributed by atoms with Crippen LogP contribution >= 0.6 is 0 Å². The number of anilines is 1. The second kappa shape index (κ2) is 6.56. The summed E-state index contributed by atoms with van der Waals surface area (Å²) in [4.78, 5) is 2.53. The molecule has 1 heterocycles. The topological polar surface area (TPSA) is 69.6 Å². The third-order valence-electron chi connectivity index (χ3n) is 3.53. The number of nitrogens with zero attached hydrogens (tertiary/aromatic N) is 1. The van der Waals surface area contributed by atoms with E-state index in [0.717, 1.165) is 38.0 Å². The summed E-state index contributed by atoms with van der Waals surface area (Å²) in [7, 11) is -3.40. The van der Waals surface area contributed by atoms with Gasteiger partial charge in [-0.25, -0.2) is 13.1 Å². The van der Waals surface area contributed by atoms with Crippen LogP contribution in [-0.4, -0.2) is 39.8 Å². The molecule has 0 spiro atoms. The molecule has 1 aromatic carbocycles. The molecule has 2 rings (SSSR count). The minimum Gasteiger partial charge on any atom is -0.396 e. The van der Waals surface area contributed by atoms with Gasteiger partial charge in [-0.3, -0.25) is 0 Å². The van der Waals surface area contributed by atoms with E-state index in [0.29, 0.717) is 11.4 Å². The first-order valence-electron chi connectivity index (χ1n) is 7.07. The summed E-state index contributed by atoms with van der Waals surface area (Å²) in [5.41, 5.74) is 2.21. The fourth-order valence-corrected chi connectivity index (χ4v) is 3.57. The van der Waals surface area contributed by atoms with E-state index < -0.39 is 10.0 Å². The fourth-order valence-electron chi connectivity index (χ4n) is 2.51. The number of rotatable bonds is 7. The highest BCUT2D eigenvalue weighted by Crippen LogP contribution is 2.30. The van der Waals surface area contributed by atoms with Crippen LogP contribution in [0.2, 0.25) is 0 Å². The van der Waals surface area contributed by atoms with E-state index in [9.17, 15) is 8.42 Å². The molecule has 1 aliphatic rings. The van der Waals surface area contributed by atoms with Gasteiger partial charge in [-0.1, -0.05) is 13.0 Å². The molecular weight excluding hydrogens is 276 g/mol. The van der Waals surface area contributed by atoms with Crippen molar-refractivity contribution in [2.24, 2.45) is 0 Å². The van der Waals surface area contributed by atoms with Crippen LogP contribution in [0, 0.1) is 0 Å². The molecule has 1 aromatic rings. The van der Waals surface area contributed by atoms with Gasteiger partial charge in [-0.05, 0) is 37.0 Å². The maximum atomic E-state index is 12.0. The first kappa shape index (κ1) is 15.3. The second-order valence-corrected chi connectivity index (χ2v) is 6.73. The number of fused-ring (bicyclic) bond motifs is 1. The average Bonchev–Trinajstić information content (AvgIpc) is 2.82. The van der Waals surface area contributed by atoms with Crippen molar-refractivity contribution < 1.29 is 13.5 Å². The Balaban J connectivity index is 2.19. The van der Waals surface area contributed by atoms with Gasteiger partial charge in [0.15, 0.2) is 0 Å². The van der Waals surface area contributed by atoms with Crippen LogP contribution in [0.5, 0.6) is 0 Å². The number of unbranched alkanes of at least 4 members (excludes halogenated alkanes) is 1. The van der Waals surface area contributed by atoms with E-state index in [4.69, 9.17) is 5.11 Å². The lowest BCUT2D eigenvalue weighted by atomic mass is 10.2. The van der Waals surface area contributed by atoms with Crippen molar-refractivity contribution in [2.75, 3.05) is 31.1 Å². The Morgan fingerprint density at radius 1 is 1.35 bits per heavy atom. The van der Waals surface area contributed by atoms with E-state index in [-0.39, 0.29) is 6.61 Å². The van der Waals surface area contributed by atoms with E-state index >= 15 is 0 Å². The van der Waals surface area contributed by atoms with Crippen LogP contribution in [0.3, 0.4) is 0 Å². The predicted octanol–water partition coefficient (Wildman–Crippen LogP) is 1.12. The second-order valence-electron chi connectivity index (χ2n) is 4.96. The largest absolute Gasteiger partial charge is 0.396 e. The number of hydrogen-bond donors (Lipinski definition) is 2. The van der Waals surface area contributed by atoms with Crippen molar-refractivity contribution >= 4 is 15.7 Å². The van der Waals surface area contributed by atoms with Gasteiger partial charge >= 0.3 is 0 Å². The van der Waals surface area contributed by atoms with Gasteiger partial charge in [-0.15, -0.1) is 0 Å². The van der Waals surface area contributed by atoms with Gasteiger partial charge in [0.1, 0.15) is 0 Å². The molecule has 0 aromatic heterocycles. The molecule has 6 heteroatoms. The number of sulfonamides is 1. The lowest BCUT2D eigenvalue weighted by molar-refractivity contribution is 0.285. The molecule has 0 bridgehead atoms. The predicted molar refractivity (Wildman–Crippen MR) is 79.5 cm³/mol. The summed E-state index contributed by atoms with van der Waals surface area (Å²) in [5.74, 6) is 0. The first-order valence-corrected chi connectivity index (χ1v) is 8.55. The molecule has 0 unspecified atom stereocenters. The highest BCUT2D eigenvalue weighted by Gasteiger charge is 2.22. The van der Waals surface area contributed by atoms with Gasteiger partial charge in [0, 0.05) is 31.9 Å². The Kier molecular flexibility index (Phi) is 5.01. The van der Waals surface area contributed by atoms with Gasteiger partial charge < -0.3 is 10.0 Å². The molecular formula is C14H22N2O3S. The van der Waals surface area contributed by atoms with Crippen LogP contribution in [0.1, 0.15) is 25.3 Å².